The molecule has 0 heterocycles. The van der Waals surface area contributed by atoms with Gasteiger partial charge < -0.3 is 31.9 Å². The Morgan fingerprint density at radius 2 is 1.14 bits per heavy atom. The predicted molar refractivity (Wildman–Crippen MR) is 84.9 cm³/mol. The number of nitrogen functional groups attached to an aromatic ring is 2. The molecular formula is C16H14N2O4. The van der Waals surface area contributed by atoms with Crippen molar-refractivity contribution in [3.63, 3.8) is 0 Å². The van der Waals surface area contributed by atoms with Gasteiger partial charge in [0.25, 0.3) is 0 Å². The van der Waals surface area contributed by atoms with Crippen molar-refractivity contribution in [2.24, 2.45) is 0 Å². The molecule has 0 aromatic heterocycles. The van der Waals surface area contributed by atoms with Crippen LogP contribution in [0.15, 0.2) is 36.4 Å². The summed E-state index contributed by atoms with van der Waals surface area (Å²) in [5.74, 6) is -2.75. The molecule has 0 bridgehead atoms. The third kappa shape index (κ3) is 1.81. The van der Waals surface area contributed by atoms with E-state index in [0.717, 1.165) is 0 Å². The molecule has 6 heteroatoms. The van der Waals surface area contributed by atoms with E-state index in [4.69, 9.17) is 11.5 Å². The molecule has 0 atom stereocenters. The van der Waals surface area contributed by atoms with Crippen LogP contribution in [0.4, 0.5) is 11.4 Å². The zero-order valence-corrected chi connectivity index (χ0v) is 11.4. The molecule has 0 saturated carbocycles. The zero-order chi connectivity index (χ0) is 16.0. The Labute approximate surface area is 125 Å². The third-order valence-electron chi connectivity index (χ3n) is 3.61. The minimum absolute atomic E-state index is 0.0714. The highest BCUT2D eigenvalue weighted by molar-refractivity contribution is 6.11. The second-order valence-corrected chi connectivity index (χ2v) is 4.97. The fourth-order valence-electron chi connectivity index (χ4n) is 2.48. The minimum atomic E-state index is -0.814. The van der Waals surface area contributed by atoms with Crippen molar-refractivity contribution in [3.8, 4) is 34.1 Å². The Bertz CT molecular complexity index is 889. The number of hydrogen-bond donors (Lipinski definition) is 6. The van der Waals surface area contributed by atoms with Gasteiger partial charge in [-0.15, -0.1) is 0 Å². The highest BCUT2D eigenvalue weighted by Crippen LogP contribution is 2.52. The van der Waals surface area contributed by atoms with E-state index in [9.17, 15) is 20.4 Å². The number of fused-ring (bicyclic) bond motifs is 1. The highest BCUT2D eigenvalue weighted by Gasteiger charge is 2.22. The fraction of sp³-hybridized carbons (Fsp3) is 0. The van der Waals surface area contributed by atoms with Crippen LogP contribution in [-0.2, 0) is 0 Å². The van der Waals surface area contributed by atoms with E-state index in [2.05, 4.69) is 0 Å². The normalized spacial score (nSPS) is 10.9. The van der Waals surface area contributed by atoms with Crippen LogP contribution in [0.2, 0.25) is 0 Å². The molecule has 0 unspecified atom stereocenters. The van der Waals surface area contributed by atoms with E-state index >= 15 is 0 Å². The molecule has 3 rings (SSSR count). The van der Waals surface area contributed by atoms with Crippen LogP contribution in [0.3, 0.4) is 0 Å². The molecule has 0 aliphatic carbocycles. The fourth-order valence-corrected chi connectivity index (χ4v) is 2.48. The van der Waals surface area contributed by atoms with Crippen molar-refractivity contribution < 1.29 is 20.4 Å². The molecule has 0 radical (unpaired) electrons. The summed E-state index contributed by atoms with van der Waals surface area (Å²) in [7, 11) is 0. The average molecular weight is 298 g/mol. The maximum Gasteiger partial charge on any atom is 0.205 e. The topological polar surface area (TPSA) is 133 Å². The zero-order valence-electron chi connectivity index (χ0n) is 11.4. The Morgan fingerprint density at radius 1 is 0.591 bits per heavy atom. The van der Waals surface area contributed by atoms with Crippen LogP contribution in [-0.4, -0.2) is 20.4 Å². The lowest BCUT2D eigenvalue weighted by Gasteiger charge is -2.14. The summed E-state index contributed by atoms with van der Waals surface area (Å²) in [6, 6.07) is 10.0. The second kappa shape index (κ2) is 4.63. The molecule has 0 saturated heterocycles. The second-order valence-electron chi connectivity index (χ2n) is 4.97. The van der Waals surface area contributed by atoms with Crippen LogP contribution in [0.1, 0.15) is 0 Å². The van der Waals surface area contributed by atoms with Gasteiger partial charge in [-0.2, -0.15) is 0 Å². The van der Waals surface area contributed by atoms with Crippen molar-refractivity contribution in [1.82, 2.24) is 0 Å². The summed E-state index contributed by atoms with van der Waals surface area (Å²) in [6.07, 6.45) is 0. The van der Waals surface area contributed by atoms with Crippen LogP contribution in [0.5, 0.6) is 23.0 Å². The summed E-state index contributed by atoms with van der Waals surface area (Å²) in [6.45, 7) is 0. The van der Waals surface area contributed by atoms with Crippen molar-refractivity contribution >= 4 is 22.1 Å². The average Bonchev–Trinajstić information content (AvgIpc) is 2.51. The first kappa shape index (κ1) is 13.7. The van der Waals surface area contributed by atoms with Crippen molar-refractivity contribution in [2.45, 2.75) is 0 Å². The summed E-state index contributed by atoms with van der Waals surface area (Å²) in [5.41, 5.74) is 13.5. The number of hydrogen-bond acceptors (Lipinski definition) is 6. The Morgan fingerprint density at radius 3 is 1.73 bits per heavy atom. The molecular weight excluding hydrogens is 284 g/mol. The first-order valence-corrected chi connectivity index (χ1v) is 6.45. The first-order chi connectivity index (χ1) is 10.4. The van der Waals surface area contributed by atoms with E-state index in [0.29, 0.717) is 16.8 Å². The van der Waals surface area contributed by atoms with Crippen molar-refractivity contribution in [3.05, 3.63) is 36.4 Å². The molecule has 3 aromatic rings. The lowest BCUT2D eigenvalue weighted by molar-refractivity contribution is 0.351. The van der Waals surface area contributed by atoms with Gasteiger partial charge >= 0.3 is 0 Å². The van der Waals surface area contributed by atoms with Gasteiger partial charge in [-0.1, -0.05) is 18.2 Å². The standard InChI is InChI=1S/C16H14N2O4/c17-8-3-1-7(2-4-8)9-5-6-10(18)12-11(9)13(19)15(21)16(22)14(12)20/h1-6,19-22H,17-18H2. The molecule has 8 N–H and O–H groups in total. The highest BCUT2D eigenvalue weighted by atomic mass is 16.3. The minimum Gasteiger partial charge on any atom is -0.504 e. The van der Waals surface area contributed by atoms with Crippen LogP contribution in [0, 0.1) is 0 Å². The number of aromatic hydroxyl groups is 4. The molecule has 22 heavy (non-hydrogen) atoms. The quantitative estimate of drug-likeness (QED) is 0.232. The summed E-state index contributed by atoms with van der Waals surface area (Å²) < 4.78 is 0. The van der Waals surface area contributed by atoms with E-state index in [1.165, 1.54) is 0 Å². The van der Waals surface area contributed by atoms with Crippen LogP contribution < -0.4 is 11.5 Å². The molecule has 112 valence electrons. The SMILES string of the molecule is Nc1ccc(-c2ccc(N)c3c(O)c(O)c(O)c(O)c23)cc1. The maximum atomic E-state index is 10.2. The Hall–Kier alpha value is -3.28. The molecule has 6 nitrogen and oxygen atoms in total. The maximum absolute atomic E-state index is 10.2. The van der Waals surface area contributed by atoms with Gasteiger partial charge in [-0.25, -0.2) is 0 Å². The van der Waals surface area contributed by atoms with Crippen molar-refractivity contribution in [2.75, 3.05) is 11.5 Å². The van der Waals surface area contributed by atoms with Gasteiger partial charge in [0.05, 0.1) is 5.39 Å². The first-order valence-electron chi connectivity index (χ1n) is 6.45. The van der Waals surface area contributed by atoms with E-state index in [1.807, 2.05) is 0 Å². The lowest BCUT2D eigenvalue weighted by atomic mass is 9.95. The van der Waals surface area contributed by atoms with Gasteiger partial charge in [-0.05, 0) is 29.3 Å². The predicted octanol–water partition coefficient (Wildman–Crippen LogP) is 2.49. The summed E-state index contributed by atoms with van der Waals surface area (Å²) in [4.78, 5) is 0. The smallest absolute Gasteiger partial charge is 0.205 e. The number of phenols is 4. The number of nitrogens with two attached hydrogens (primary N) is 2. The molecule has 3 aromatic carbocycles. The number of anilines is 2. The number of rotatable bonds is 1. The van der Waals surface area contributed by atoms with Gasteiger partial charge in [0.2, 0.25) is 11.5 Å². The monoisotopic (exact) mass is 298 g/mol. The molecule has 0 aliphatic heterocycles. The largest absolute Gasteiger partial charge is 0.504 e. The van der Waals surface area contributed by atoms with Crippen LogP contribution in [0.25, 0.3) is 21.9 Å². The lowest BCUT2D eigenvalue weighted by Crippen LogP contribution is -1.92. The van der Waals surface area contributed by atoms with Gasteiger partial charge in [0.1, 0.15) is 0 Å². The van der Waals surface area contributed by atoms with E-state index in [1.54, 1.807) is 36.4 Å². The Kier molecular flexibility index (Phi) is 2.88. The van der Waals surface area contributed by atoms with E-state index < -0.39 is 23.0 Å². The van der Waals surface area contributed by atoms with Gasteiger partial charge in [0.15, 0.2) is 11.5 Å². The van der Waals surface area contributed by atoms with E-state index in [-0.39, 0.29) is 16.5 Å². The molecule has 0 fully saturated rings. The van der Waals surface area contributed by atoms with Gasteiger partial charge in [-0.3, -0.25) is 0 Å². The molecule has 0 aliphatic rings. The van der Waals surface area contributed by atoms with Crippen LogP contribution >= 0.6 is 0 Å². The molecule has 0 amide bonds. The Balaban J connectivity index is 2.47. The third-order valence-corrected chi connectivity index (χ3v) is 3.61. The summed E-state index contributed by atoms with van der Waals surface area (Å²) in [5, 5.41) is 39.9. The summed E-state index contributed by atoms with van der Waals surface area (Å²) >= 11 is 0. The number of phenolic OH excluding ortho intramolecular Hbond substituents is 4. The molecule has 0 spiro atoms. The number of benzene rings is 3. The van der Waals surface area contributed by atoms with Crippen molar-refractivity contribution in [1.29, 1.82) is 0 Å². The van der Waals surface area contributed by atoms with Gasteiger partial charge in [0, 0.05) is 16.8 Å².